The molecule has 0 atom stereocenters. The Balaban J connectivity index is 2.62. The molecule has 3 nitrogen and oxygen atoms in total. The maximum absolute atomic E-state index is 10.2. The Hall–Kier alpha value is -0.795. The lowest BCUT2D eigenvalue weighted by Gasteiger charge is -1.99. The van der Waals surface area contributed by atoms with Crippen molar-refractivity contribution in [2.75, 3.05) is 0 Å². The van der Waals surface area contributed by atoms with Crippen molar-refractivity contribution in [3.63, 3.8) is 0 Å². The SMILES string of the molecule is [B]N1N=CCC1=O. The van der Waals surface area contributed by atoms with Gasteiger partial charge in [-0.2, -0.15) is 5.10 Å². The summed E-state index contributed by atoms with van der Waals surface area (Å²) in [6, 6.07) is 0. The van der Waals surface area contributed by atoms with Gasteiger partial charge >= 0.3 is 0 Å². The maximum atomic E-state index is 10.2. The molecule has 34 valence electrons. The van der Waals surface area contributed by atoms with Crippen molar-refractivity contribution in [3.05, 3.63) is 0 Å². The fraction of sp³-hybridized carbons (Fsp3) is 0.333. The van der Waals surface area contributed by atoms with E-state index in [1.165, 1.54) is 6.21 Å². The molecule has 0 saturated heterocycles. The van der Waals surface area contributed by atoms with Gasteiger partial charge in [-0.05, 0) is 0 Å². The minimum atomic E-state index is -0.153. The largest absolute Gasteiger partial charge is 0.296 e. The predicted molar refractivity (Wildman–Crippen MR) is 25.7 cm³/mol. The number of hydrogen-bond donors (Lipinski definition) is 0. The molecular weight excluding hydrogens is 90.9 g/mol. The van der Waals surface area contributed by atoms with Crippen molar-refractivity contribution in [2.24, 2.45) is 5.10 Å². The second-order valence-electron chi connectivity index (χ2n) is 1.24. The molecule has 0 aliphatic carbocycles. The molecule has 1 heterocycles. The van der Waals surface area contributed by atoms with Crippen LogP contribution in [0.5, 0.6) is 0 Å². The zero-order valence-electron chi connectivity index (χ0n) is 3.66. The fourth-order valence-corrected chi connectivity index (χ4v) is 0.365. The van der Waals surface area contributed by atoms with Gasteiger partial charge < -0.3 is 0 Å². The molecule has 1 aliphatic heterocycles. The lowest BCUT2D eigenvalue weighted by molar-refractivity contribution is -0.124. The topological polar surface area (TPSA) is 32.7 Å². The summed E-state index contributed by atoms with van der Waals surface area (Å²) in [5.74, 6) is -0.153. The first-order valence-corrected chi connectivity index (χ1v) is 1.91. The molecule has 0 aromatic heterocycles. The standard InChI is InChI=1S/C3H3BN2O/c4-6-3(7)1-2-5-6/h2H,1H2. The summed E-state index contributed by atoms with van der Waals surface area (Å²) in [5.41, 5.74) is 0. The molecule has 4 heteroatoms. The predicted octanol–water partition coefficient (Wildman–Crippen LogP) is -0.712. The van der Waals surface area contributed by atoms with E-state index in [-0.39, 0.29) is 5.91 Å². The molecule has 0 fully saturated rings. The summed E-state index contributed by atoms with van der Waals surface area (Å²) in [7, 11) is 4.96. The van der Waals surface area contributed by atoms with E-state index >= 15 is 0 Å². The quantitative estimate of drug-likeness (QED) is 0.365. The number of carbonyl (C=O) groups excluding carboxylic acids is 1. The van der Waals surface area contributed by atoms with E-state index in [0.29, 0.717) is 6.42 Å². The van der Waals surface area contributed by atoms with Gasteiger partial charge in [-0.1, -0.05) is 0 Å². The van der Waals surface area contributed by atoms with E-state index in [0.717, 1.165) is 4.92 Å². The monoisotopic (exact) mass is 94.0 g/mol. The van der Waals surface area contributed by atoms with Crippen LogP contribution < -0.4 is 0 Å². The molecule has 2 radical (unpaired) electrons. The Labute approximate surface area is 42.4 Å². The summed E-state index contributed by atoms with van der Waals surface area (Å²) in [6.45, 7) is 0. The molecule has 1 rings (SSSR count). The fourth-order valence-electron chi connectivity index (χ4n) is 0.365. The second-order valence-corrected chi connectivity index (χ2v) is 1.24. The highest BCUT2D eigenvalue weighted by Crippen LogP contribution is 1.94. The average Bonchev–Trinajstić information content (AvgIpc) is 1.91. The Kier molecular flexibility index (Phi) is 0.853. The summed E-state index contributed by atoms with van der Waals surface area (Å²) in [6.07, 6.45) is 1.82. The van der Waals surface area contributed by atoms with Gasteiger partial charge in [-0.15, -0.1) is 0 Å². The number of nitrogens with zero attached hydrogens (tertiary/aromatic N) is 2. The molecule has 7 heavy (non-hydrogen) atoms. The first-order chi connectivity index (χ1) is 3.30. The molecule has 0 unspecified atom stereocenters. The van der Waals surface area contributed by atoms with Gasteiger partial charge in [0.05, 0.1) is 6.42 Å². The summed E-state index contributed by atoms with van der Waals surface area (Å²) < 4.78 is 0. The van der Waals surface area contributed by atoms with Gasteiger partial charge in [0.15, 0.2) is 0 Å². The van der Waals surface area contributed by atoms with Crippen molar-refractivity contribution in [1.82, 2.24) is 4.92 Å². The van der Waals surface area contributed by atoms with Crippen LogP contribution >= 0.6 is 0 Å². The first-order valence-electron chi connectivity index (χ1n) is 1.91. The van der Waals surface area contributed by atoms with Crippen molar-refractivity contribution in [1.29, 1.82) is 0 Å². The van der Waals surface area contributed by atoms with Crippen LogP contribution in [0.1, 0.15) is 6.42 Å². The number of amides is 1. The van der Waals surface area contributed by atoms with Crippen LogP contribution in [-0.4, -0.2) is 25.0 Å². The van der Waals surface area contributed by atoms with E-state index in [2.05, 4.69) is 5.10 Å². The van der Waals surface area contributed by atoms with E-state index in [4.69, 9.17) is 7.98 Å². The minimum absolute atomic E-state index is 0.153. The van der Waals surface area contributed by atoms with Gasteiger partial charge in [-0.3, -0.25) is 9.71 Å². The summed E-state index contributed by atoms with van der Waals surface area (Å²) >= 11 is 0. The molecule has 0 spiro atoms. The van der Waals surface area contributed by atoms with Gasteiger partial charge in [0.25, 0.3) is 7.98 Å². The normalized spacial score (nSPS) is 18.9. The van der Waals surface area contributed by atoms with Crippen LogP contribution in [0.2, 0.25) is 0 Å². The van der Waals surface area contributed by atoms with E-state index in [1.54, 1.807) is 0 Å². The van der Waals surface area contributed by atoms with Crippen LogP contribution in [0.4, 0.5) is 0 Å². The van der Waals surface area contributed by atoms with E-state index in [1.807, 2.05) is 0 Å². The van der Waals surface area contributed by atoms with Crippen molar-refractivity contribution >= 4 is 20.1 Å². The molecule has 0 N–H and O–H groups in total. The van der Waals surface area contributed by atoms with Crippen LogP contribution in [0, 0.1) is 0 Å². The third-order valence-corrected chi connectivity index (χ3v) is 0.727. The highest BCUT2D eigenvalue weighted by Gasteiger charge is 2.08. The Bertz CT molecular complexity index is 122. The van der Waals surface area contributed by atoms with Crippen molar-refractivity contribution < 1.29 is 4.79 Å². The molecule has 0 aromatic carbocycles. The third kappa shape index (κ3) is 0.631. The van der Waals surface area contributed by atoms with Gasteiger partial charge in [0, 0.05) is 6.21 Å². The molecule has 0 bridgehead atoms. The molecule has 1 aliphatic rings. The minimum Gasteiger partial charge on any atom is -0.296 e. The van der Waals surface area contributed by atoms with Gasteiger partial charge in [0.1, 0.15) is 0 Å². The number of hydrazone groups is 1. The average molecular weight is 93.9 g/mol. The van der Waals surface area contributed by atoms with Gasteiger partial charge in [0.2, 0.25) is 5.91 Å². The van der Waals surface area contributed by atoms with Crippen LogP contribution in [-0.2, 0) is 4.79 Å². The molecule has 0 saturated carbocycles. The van der Waals surface area contributed by atoms with Gasteiger partial charge in [-0.25, -0.2) is 0 Å². The van der Waals surface area contributed by atoms with Crippen LogP contribution in [0.3, 0.4) is 0 Å². The highest BCUT2D eigenvalue weighted by molar-refractivity contribution is 6.17. The number of hydrogen-bond acceptors (Lipinski definition) is 2. The molecular formula is C3H3BN2O. The zero-order chi connectivity index (χ0) is 5.28. The Morgan fingerprint density at radius 1 is 2.00 bits per heavy atom. The Morgan fingerprint density at radius 2 is 2.71 bits per heavy atom. The lowest BCUT2D eigenvalue weighted by Crippen LogP contribution is -2.15. The second kappa shape index (κ2) is 1.37. The zero-order valence-corrected chi connectivity index (χ0v) is 3.66. The van der Waals surface area contributed by atoms with E-state index in [9.17, 15) is 4.79 Å². The number of rotatable bonds is 0. The maximum Gasteiger partial charge on any atom is 0.268 e. The first kappa shape index (κ1) is 4.37. The Morgan fingerprint density at radius 3 is 2.86 bits per heavy atom. The van der Waals surface area contributed by atoms with Crippen molar-refractivity contribution in [3.8, 4) is 0 Å². The van der Waals surface area contributed by atoms with Crippen LogP contribution in [0.25, 0.3) is 0 Å². The number of carbonyl (C=O) groups is 1. The summed E-state index contributed by atoms with van der Waals surface area (Å²) in [5, 5.41) is 3.45. The van der Waals surface area contributed by atoms with E-state index < -0.39 is 0 Å². The lowest BCUT2D eigenvalue weighted by atomic mass is 10.3. The molecule has 0 aromatic rings. The molecule has 1 amide bonds. The summed E-state index contributed by atoms with van der Waals surface area (Å²) in [4.78, 5) is 11.1. The highest BCUT2D eigenvalue weighted by atomic mass is 16.2. The smallest absolute Gasteiger partial charge is 0.268 e. The van der Waals surface area contributed by atoms with Crippen molar-refractivity contribution in [2.45, 2.75) is 6.42 Å². The van der Waals surface area contributed by atoms with Crippen LogP contribution in [0.15, 0.2) is 5.10 Å². The third-order valence-electron chi connectivity index (χ3n) is 0.727.